The summed E-state index contributed by atoms with van der Waals surface area (Å²) < 4.78 is 5.40. The van der Waals surface area contributed by atoms with Gasteiger partial charge in [0.2, 0.25) is 0 Å². The van der Waals surface area contributed by atoms with E-state index < -0.39 is 0 Å². The molecule has 0 heterocycles. The summed E-state index contributed by atoms with van der Waals surface area (Å²) in [4.78, 5) is 0. The molecule has 0 aromatic heterocycles. The molecule has 2 aromatic rings. The third kappa shape index (κ3) is 3.27. The van der Waals surface area contributed by atoms with Crippen molar-refractivity contribution in [2.75, 3.05) is 7.11 Å². The van der Waals surface area contributed by atoms with Gasteiger partial charge in [0.05, 0.1) is 7.11 Å². The molecule has 2 aromatic carbocycles. The fourth-order valence-electron chi connectivity index (χ4n) is 2.92. The fourth-order valence-corrected chi connectivity index (χ4v) is 2.92. The van der Waals surface area contributed by atoms with E-state index in [-0.39, 0.29) is 5.54 Å². The van der Waals surface area contributed by atoms with Crippen LogP contribution in [0.3, 0.4) is 0 Å². The maximum absolute atomic E-state index is 6.77. The smallest absolute Gasteiger partial charge is 0.122 e. The summed E-state index contributed by atoms with van der Waals surface area (Å²) in [5, 5.41) is 0. The van der Waals surface area contributed by atoms with E-state index in [1.807, 2.05) is 6.07 Å². The average molecular weight is 283 g/mol. The molecule has 2 heteroatoms. The molecular weight excluding hydrogens is 258 g/mol. The van der Waals surface area contributed by atoms with Crippen molar-refractivity contribution in [3.8, 4) is 5.75 Å². The Labute approximate surface area is 127 Å². The van der Waals surface area contributed by atoms with Crippen LogP contribution in [0.5, 0.6) is 5.75 Å². The summed E-state index contributed by atoms with van der Waals surface area (Å²) in [6, 6.07) is 14.7. The summed E-state index contributed by atoms with van der Waals surface area (Å²) >= 11 is 0. The van der Waals surface area contributed by atoms with E-state index in [0.717, 1.165) is 24.2 Å². The predicted molar refractivity (Wildman–Crippen MR) is 88.8 cm³/mol. The van der Waals surface area contributed by atoms with E-state index >= 15 is 0 Å². The highest BCUT2D eigenvalue weighted by molar-refractivity contribution is 5.45. The predicted octanol–water partition coefficient (Wildman–Crippen LogP) is 4.12. The molecule has 0 bridgehead atoms. The number of methoxy groups -OCH3 is 1. The second kappa shape index (κ2) is 6.31. The first kappa shape index (κ1) is 15.6. The molecule has 0 saturated heterocycles. The summed E-state index contributed by atoms with van der Waals surface area (Å²) in [6.45, 7) is 6.34. The molecule has 0 spiro atoms. The Balaban J connectivity index is 2.43. The molecular formula is C19H25NO. The van der Waals surface area contributed by atoms with Crippen LogP contribution in [0.15, 0.2) is 42.5 Å². The van der Waals surface area contributed by atoms with Gasteiger partial charge in [0.1, 0.15) is 5.75 Å². The van der Waals surface area contributed by atoms with E-state index in [2.05, 4.69) is 57.2 Å². The monoisotopic (exact) mass is 283 g/mol. The van der Waals surface area contributed by atoms with Crippen LogP contribution in [-0.4, -0.2) is 7.11 Å². The Bertz CT molecular complexity index is 606. The number of hydrogen-bond acceptors (Lipinski definition) is 2. The van der Waals surface area contributed by atoms with E-state index in [0.29, 0.717) is 0 Å². The minimum Gasteiger partial charge on any atom is -0.496 e. The number of ether oxygens (including phenoxy) is 1. The maximum Gasteiger partial charge on any atom is 0.122 e. The number of benzene rings is 2. The molecule has 2 nitrogen and oxygen atoms in total. The van der Waals surface area contributed by atoms with Crippen molar-refractivity contribution in [3.05, 3.63) is 64.7 Å². The Morgan fingerprint density at radius 2 is 1.71 bits per heavy atom. The van der Waals surface area contributed by atoms with Gasteiger partial charge in [0.15, 0.2) is 0 Å². The lowest BCUT2D eigenvalue weighted by atomic mass is 9.80. The Hall–Kier alpha value is -1.80. The minimum absolute atomic E-state index is 0.345. The molecule has 1 atom stereocenters. The van der Waals surface area contributed by atoms with E-state index in [9.17, 15) is 0 Å². The zero-order chi connectivity index (χ0) is 15.5. The summed E-state index contributed by atoms with van der Waals surface area (Å²) in [5.74, 6) is 0.925. The largest absolute Gasteiger partial charge is 0.496 e. The lowest BCUT2D eigenvalue weighted by molar-refractivity contribution is 0.404. The van der Waals surface area contributed by atoms with Crippen molar-refractivity contribution in [2.24, 2.45) is 5.73 Å². The topological polar surface area (TPSA) is 35.2 Å². The van der Waals surface area contributed by atoms with Crippen LogP contribution in [0, 0.1) is 13.8 Å². The SMILES string of the molecule is CCC(N)(Cc1ccccc1)c1cc(C)c(OC)cc1C. The number of hydrogen-bond donors (Lipinski definition) is 1. The maximum atomic E-state index is 6.77. The van der Waals surface area contributed by atoms with Gasteiger partial charge >= 0.3 is 0 Å². The second-order valence-corrected chi connectivity index (χ2v) is 5.81. The van der Waals surface area contributed by atoms with Crippen LogP contribution in [0.2, 0.25) is 0 Å². The Morgan fingerprint density at radius 3 is 2.29 bits per heavy atom. The lowest BCUT2D eigenvalue weighted by Crippen LogP contribution is -2.39. The van der Waals surface area contributed by atoms with Gasteiger partial charge in [-0.3, -0.25) is 0 Å². The van der Waals surface area contributed by atoms with Crippen molar-refractivity contribution in [1.82, 2.24) is 0 Å². The van der Waals surface area contributed by atoms with Crippen LogP contribution in [0.25, 0.3) is 0 Å². The van der Waals surface area contributed by atoms with Gasteiger partial charge in [-0.2, -0.15) is 0 Å². The Morgan fingerprint density at radius 1 is 1.05 bits per heavy atom. The van der Waals surface area contributed by atoms with E-state index in [4.69, 9.17) is 10.5 Å². The fraction of sp³-hybridized carbons (Fsp3) is 0.368. The zero-order valence-corrected chi connectivity index (χ0v) is 13.4. The van der Waals surface area contributed by atoms with Crippen molar-refractivity contribution < 1.29 is 4.74 Å². The number of nitrogens with two attached hydrogens (primary N) is 1. The van der Waals surface area contributed by atoms with Crippen molar-refractivity contribution in [1.29, 1.82) is 0 Å². The van der Waals surface area contributed by atoms with Gasteiger partial charge in [-0.15, -0.1) is 0 Å². The summed E-state index contributed by atoms with van der Waals surface area (Å²) in [5.41, 5.74) is 11.2. The van der Waals surface area contributed by atoms with Crippen LogP contribution < -0.4 is 10.5 Å². The standard InChI is InChI=1S/C19H25NO/c1-5-19(20,13-16-9-7-6-8-10-16)17-11-15(3)18(21-4)12-14(17)2/h6-12H,5,13,20H2,1-4H3. The van der Waals surface area contributed by atoms with Crippen molar-refractivity contribution in [3.63, 3.8) is 0 Å². The highest BCUT2D eigenvalue weighted by Gasteiger charge is 2.28. The van der Waals surface area contributed by atoms with E-state index in [1.165, 1.54) is 16.7 Å². The van der Waals surface area contributed by atoms with Crippen LogP contribution in [0.1, 0.15) is 35.6 Å². The van der Waals surface area contributed by atoms with Gasteiger partial charge in [0.25, 0.3) is 0 Å². The first-order valence-electron chi connectivity index (χ1n) is 7.48. The first-order chi connectivity index (χ1) is 10.00. The molecule has 1 unspecified atom stereocenters. The third-order valence-corrected chi connectivity index (χ3v) is 4.27. The van der Waals surface area contributed by atoms with Crippen LogP contribution in [0.4, 0.5) is 0 Å². The molecule has 0 saturated carbocycles. The zero-order valence-electron chi connectivity index (χ0n) is 13.4. The molecule has 0 aliphatic heterocycles. The molecule has 112 valence electrons. The van der Waals surface area contributed by atoms with Crippen molar-refractivity contribution in [2.45, 2.75) is 39.2 Å². The minimum atomic E-state index is -0.345. The lowest BCUT2D eigenvalue weighted by Gasteiger charge is -2.31. The Kier molecular flexibility index (Phi) is 4.69. The molecule has 21 heavy (non-hydrogen) atoms. The molecule has 0 fully saturated rings. The van der Waals surface area contributed by atoms with Crippen molar-refractivity contribution >= 4 is 0 Å². The molecule has 0 aliphatic rings. The number of rotatable bonds is 5. The first-order valence-corrected chi connectivity index (χ1v) is 7.48. The second-order valence-electron chi connectivity index (χ2n) is 5.81. The van der Waals surface area contributed by atoms with Gasteiger partial charge in [-0.25, -0.2) is 0 Å². The van der Waals surface area contributed by atoms with E-state index in [1.54, 1.807) is 7.11 Å². The van der Waals surface area contributed by atoms with Crippen LogP contribution in [-0.2, 0) is 12.0 Å². The molecule has 0 radical (unpaired) electrons. The quantitative estimate of drug-likeness (QED) is 0.896. The number of aryl methyl sites for hydroxylation is 2. The summed E-state index contributed by atoms with van der Waals surface area (Å²) in [7, 11) is 1.71. The normalized spacial score (nSPS) is 13.8. The highest BCUT2D eigenvalue weighted by atomic mass is 16.5. The average Bonchev–Trinajstić information content (AvgIpc) is 2.50. The highest BCUT2D eigenvalue weighted by Crippen LogP contribution is 2.33. The van der Waals surface area contributed by atoms with Gasteiger partial charge in [-0.05, 0) is 55.0 Å². The molecule has 2 N–H and O–H groups in total. The van der Waals surface area contributed by atoms with Gasteiger partial charge < -0.3 is 10.5 Å². The third-order valence-electron chi connectivity index (χ3n) is 4.27. The summed E-state index contributed by atoms with van der Waals surface area (Å²) in [6.07, 6.45) is 1.74. The van der Waals surface area contributed by atoms with Gasteiger partial charge in [-0.1, -0.05) is 43.3 Å². The van der Waals surface area contributed by atoms with Crippen LogP contribution >= 0.6 is 0 Å². The van der Waals surface area contributed by atoms with Gasteiger partial charge in [0, 0.05) is 5.54 Å². The molecule has 0 amide bonds. The molecule has 0 aliphatic carbocycles. The molecule has 2 rings (SSSR count).